The Morgan fingerprint density at radius 3 is 1.88 bits per heavy atom. The van der Waals surface area contributed by atoms with E-state index in [9.17, 15) is 0 Å². The summed E-state index contributed by atoms with van der Waals surface area (Å²) in [5, 5.41) is 3.96. The molecule has 0 saturated heterocycles. The first kappa shape index (κ1) is 12.4. The molecule has 0 aliphatic heterocycles. The second kappa shape index (κ2) is 3.48. The molecule has 0 radical (unpaired) electrons. The lowest BCUT2D eigenvalue weighted by Gasteiger charge is -2.40. The molecule has 2 rings (SSSR count). The zero-order valence-corrected chi connectivity index (χ0v) is 12.0. The minimum Gasteiger partial charge on any atom is -0.310 e. The molecule has 94 valence electrons. The van der Waals surface area contributed by atoms with Gasteiger partial charge in [0.1, 0.15) is 0 Å². The smallest absolute Gasteiger partial charge is 0.0183 e. The third-order valence-corrected chi connectivity index (χ3v) is 5.90. The van der Waals surface area contributed by atoms with Crippen molar-refractivity contribution >= 4 is 0 Å². The van der Waals surface area contributed by atoms with E-state index < -0.39 is 0 Å². The van der Waals surface area contributed by atoms with Crippen LogP contribution < -0.4 is 5.32 Å². The lowest BCUT2D eigenvalue weighted by molar-refractivity contribution is 0.161. The summed E-state index contributed by atoms with van der Waals surface area (Å²) in [4.78, 5) is 0. The molecule has 1 heteroatoms. The molecule has 2 aliphatic rings. The first-order chi connectivity index (χ1) is 7.19. The van der Waals surface area contributed by atoms with Crippen molar-refractivity contribution in [2.45, 2.75) is 79.3 Å². The number of hydrogen-bond donors (Lipinski definition) is 1. The Hall–Kier alpha value is -0.0400. The van der Waals surface area contributed by atoms with E-state index in [4.69, 9.17) is 0 Å². The summed E-state index contributed by atoms with van der Waals surface area (Å²) in [6.45, 7) is 14.5. The van der Waals surface area contributed by atoms with E-state index >= 15 is 0 Å². The zero-order chi connectivity index (χ0) is 12.2. The van der Waals surface area contributed by atoms with Crippen LogP contribution in [0.3, 0.4) is 0 Å². The Bertz CT molecular complexity index is 261. The van der Waals surface area contributed by atoms with Gasteiger partial charge in [-0.15, -0.1) is 0 Å². The van der Waals surface area contributed by atoms with Gasteiger partial charge in [-0.1, -0.05) is 54.4 Å². The fourth-order valence-corrected chi connectivity index (χ4v) is 3.62. The molecule has 0 aromatic carbocycles. The van der Waals surface area contributed by atoms with Crippen molar-refractivity contribution in [3.05, 3.63) is 0 Å². The van der Waals surface area contributed by atoms with Crippen LogP contribution in [-0.2, 0) is 0 Å². The van der Waals surface area contributed by atoms with E-state index in [1.54, 1.807) is 0 Å². The van der Waals surface area contributed by atoms with E-state index in [1.807, 2.05) is 0 Å². The summed E-state index contributed by atoms with van der Waals surface area (Å²) in [6.07, 6.45) is 5.59. The average Bonchev–Trinajstić information content (AvgIpc) is 2.50. The van der Waals surface area contributed by atoms with Gasteiger partial charge in [-0.2, -0.15) is 0 Å². The minimum atomic E-state index is 0.473. The van der Waals surface area contributed by atoms with Gasteiger partial charge in [0.15, 0.2) is 0 Å². The number of hydrogen-bond acceptors (Lipinski definition) is 1. The molecule has 0 aromatic rings. The number of rotatable bonds is 2. The first-order valence-corrected chi connectivity index (χ1v) is 6.96. The van der Waals surface area contributed by atoms with Crippen molar-refractivity contribution in [1.29, 1.82) is 0 Å². The van der Waals surface area contributed by atoms with E-state index in [1.165, 1.54) is 25.7 Å². The van der Waals surface area contributed by atoms with E-state index in [-0.39, 0.29) is 0 Å². The van der Waals surface area contributed by atoms with Crippen LogP contribution in [0, 0.1) is 16.2 Å². The highest BCUT2D eigenvalue weighted by Crippen LogP contribution is 2.63. The maximum Gasteiger partial charge on any atom is 0.0183 e. The summed E-state index contributed by atoms with van der Waals surface area (Å²) in [5.41, 5.74) is 1.44. The average molecular weight is 223 g/mol. The van der Waals surface area contributed by atoms with Crippen molar-refractivity contribution in [2.75, 3.05) is 0 Å². The van der Waals surface area contributed by atoms with Gasteiger partial charge in [0.2, 0.25) is 0 Å². The zero-order valence-electron chi connectivity index (χ0n) is 12.0. The molecule has 0 heterocycles. The first-order valence-electron chi connectivity index (χ1n) is 6.96. The van der Waals surface area contributed by atoms with Crippen LogP contribution in [0.4, 0.5) is 0 Å². The summed E-state index contributed by atoms with van der Waals surface area (Å²) >= 11 is 0. The number of nitrogens with one attached hydrogen (secondary N) is 1. The molecule has 1 atom stereocenters. The van der Waals surface area contributed by atoms with Gasteiger partial charge in [0.25, 0.3) is 0 Å². The SMILES string of the molecule is CC1(C)CCCCC1NC1C(C)(C)C1(C)C. The normalized spacial score (nSPS) is 36.0. The van der Waals surface area contributed by atoms with Crippen LogP contribution in [-0.4, -0.2) is 12.1 Å². The van der Waals surface area contributed by atoms with Crippen molar-refractivity contribution in [2.24, 2.45) is 16.2 Å². The second-order valence-electron chi connectivity index (χ2n) is 7.83. The maximum absolute atomic E-state index is 3.96. The van der Waals surface area contributed by atoms with Crippen molar-refractivity contribution < 1.29 is 0 Å². The van der Waals surface area contributed by atoms with Gasteiger partial charge in [-0.3, -0.25) is 0 Å². The Labute approximate surface area is 101 Å². The molecule has 0 amide bonds. The highest BCUT2D eigenvalue weighted by molar-refractivity contribution is 5.18. The molecule has 0 bridgehead atoms. The van der Waals surface area contributed by atoms with Crippen LogP contribution in [0.1, 0.15) is 67.2 Å². The molecule has 1 unspecified atom stereocenters. The Morgan fingerprint density at radius 2 is 1.44 bits per heavy atom. The fourth-order valence-electron chi connectivity index (χ4n) is 3.62. The van der Waals surface area contributed by atoms with Crippen LogP contribution >= 0.6 is 0 Å². The molecule has 0 spiro atoms. The highest BCUT2D eigenvalue weighted by atomic mass is 15.1. The quantitative estimate of drug-likeness (QED) is 0.746. The molecule has 2 aliphatic carbocycles. The topological polar surface area (TPSA) is 12.0 Å². The molecular formula is C15H29N. The second-order valence-corrected chi connectivity index (χ2v) is 7.83. The monoisotopic (exact) mass is 223 g/mol. The Kier molecular flexibility index (Phi) is 2.70. The predicted molar refractivity (Wildman–Crippen MR) is 70.5 cm³/mol. The van der Waals surface area contributed by atoms with Gasteiger partial charge in [-0.05, 0) is 29.1 Å². The van der Waals surface area contributed by atoms with Crippen molar-refractivity contribution in [3.8, 4) is 0 Å². The van der Waals surface area contributed by atoms with E-state index in [0.29, 0.717) is 22.3 Å². The highest BCUT2D eigenvalue weighted by Gasteiger charge is 2.65. The van der Waals surface area contributed by atoms with Crippen molar-refractivity contribution in [1.82, 2.24) is 5.32 Å². The molecule has 16 heavy (non-hydrogen) atoms. The molecule has 0 aromatic heterocycles. The van der Waals surface area contributed by atoms with Crippen LogP contribution in [0.15, 0.2) is 0 Å². The standard InChI is InChI=1S/C15H29N/c1-13(2)10-8-7-9-11(13)16-12-14(3,4)15(12,5)6/h11-12,16H,7-10H2,1-6H3. The summed E-state index contributed by atoms with van der Waals surface area (Å²) in [7, 11) is 0. The lowest BCUT2D eigenvalue weighted by Crippen LogP contribution is -2.46. The molecule has 1 N–H and O–H groups in total. The predicted octanol–water partition coefficient (Wildman–Crippen LogP) is 3.98. The Morgan fingerprint density at radius 1 is 0.875 bits per heavy atom. The molecule has 1 nitrogen and oxygen atoms in total. The van der Waals surface area contributed by atoms with Crippen LogP contribution in [0.25, 0.3) is 0 Å². The minimum absolute atomic E-state index is 0.473. The molecule has 2 fully saturated rings. The summed E-state index contributed by atoms with van der Waals surface area (Å²) in [6, 6.07) is 1.44. The van der Waals surface area contributed by atoms with Crippen LogP contribution in [0.2, 0.25) is 0 Å². The third kappa shape index (κ3) is 1.72. The van der Waals surface area contributed by atoms with E-state index in [0.717, 1.165) is 6.04 Å². The molecule has 2 saturated carbocycles. The fraction of sp³-hybridized carbons (Fsp3) is 1.00. The summed E-state index contributed by atoms with van der Waals surface area (Å²) in [5.74, 6) is 0. The van der Waals surface area contributed by atoms with Gasteiger partial charge in [0.05, 0.1) is 0 Å². The van der Waals surface area contributed by atoms with Crippen molar-refractivity contribution in [3.63, 3.8) is 0 Å². The Balaban J connectivity index is 2.01. The largest absolute Gasteiger partial charge is 0.310 e. The van der Waals surface area contributed by atoms with E-state index in [2.05, 4.69) is 46.9 Å². The van der Waals surface area contributed by atoms with Gasteiger partial charge in [-0.25, -0.2) is 0 Å². The molecular weight excluding hydrogens is 194 g/mol. The van der Waals surface area contributed by atoms with Gasteiger partial charge < -0.3 is 5.32 Å². The summed E-state index contributed by atoms with van der Waals surface area (Å²) < 4.78 is 0. The van der Waals surface area contributed by atoms with Gasteiger partial charge >= 0.3 is 0 Å². The third-order valence-electron chi connectivity index (χ3n) is 5.90. The van der Waals surface area contributed by atoms with Crippen LogP contribution in [0.5, 0.6) is 0 Å². The van der Waals surface area contributed by atoms with Gasteiger partial charge in [0, 0.05) is 12.1 Å². The maximum atomic E-state index is 3.96. The lowest BCUT2D eigenvalue weighted by atomic mass is 9.73.